The molecule has 86 valence electrons. The van der Waals surface area contributed by atoms with Gasteiger partial charge in [-0.05, 0) is 51.6 Å². The predicted octanol–water partition coefficient (Wildman–Crippen LogP) is 3.61. The first-order valence-corrected chi connectivity index (χ1v) is 6.73. The second-order valence-corrected chi connectivity index (χ2v) is 5.38. The Hall–Kier alpha value is -0.300. The molecule has 2 fully saturated rings. The third kappa shape index (κ3) is 3.64. The molecule has 0 aromatic rings. The zero-order chi connectivity index (χ0) is 10.5. The highest BCUT2D eigenvalue weighted by Crippen LogP contribution is 2.27. The van der Waals surface area contributed by atoms with Gasteiger partial charge in [-0.2, -0.15) is 0 Å². The Morgan fingerprint density at radius 3 is 2.60 bits per heavy atom. The van der Waals surface area contributed by atoms with Crippen LogP contribution in [0.2, 0.25) is 0 Å². The van der Waals surface area contributed by atoms with Crippen LogP contribution in [0.4, 0.5) is 0 Å². The van der Waals surface area contributed by atoms with Crippen molar-refractivity contribution in [3.63, 3.8) is 0 Å². The smallest absolute Gasteiger partial charge is 0.00155 e. The van der Waals surface area contributed by atoms with Gasteiger partial charge in [0.05, 0.1) is 0 Å². The first kappa shape index (κ1) is 11.2. The monoisotopic (exact) mass is 207 g/mol. The maximum absolute atomic E-state index is 2.64. The van der Waals surface area contributed by atoms with Crippen LogP contribution in [0.25, 0.3) is 0 Å². The molecular weight excluding hydrogens is 182 g/mol. The SMILES string of the molecule is CN1CCCC(=CC2CCCCC2)CC1. The lowest BCUT2D eigenvalue weighted by Crippen LogP contribution is -2.18. The molecule has 1 saturated heterocycles. The molecule has 0 bridgehead atoms. The van der Waals surface area contributed by atoms with Crippen molar-refractivity contribution in [1.29, 1.82) is 0 Å². The fraction of sp³-hybridized carbons (Fsp3) is 0.857. The fourth-order valence-electron chi connectivity index (χ4n) is 2.95. The van der Waals surface area contributed by atoms with Crippen LogP contribution in [0.15, 0.2) is 11.6 Å². The van der Waals surface area contributed by atoms with Gasteiger partial charge in [-0.15, -0.1) is 0 Å². The quantitative estimate of drug-likeness (QED) is 0.594. The second kappa shape index (κ2) is 5.69. The number of nitrogens with zero attached hydrogens (tertiary/aromatic N) is 1. The van der Waals surface area contributed by atoms with Gasteiger partial charge in [-0.1, -0.05) is 30.9 Å². The molecule has 15 heavy (non-hydrogen) atoms. The van der Waals surface area contributed by atoms with E-state index in [2.05, 4.69) is 18.0 Å². The number of hydrogen-bond donors (Lipinski definition) is 0. The summed E-state index contributed by atoms with van der Waals surface area (Å²) in [5.74, 6) is 0.928. The summed E-state index contributed by atoms with van der Waals surface area (Å²) in [7, 11) is 2.25. The molecule has 2 rings (SSSR count). The maximum Gasteiger partial charge on any atom is 0.00155 e. The molecule has 1 saturated carbocycles. The maximum atomic E-state index is 2.64. The Morgan fingerprint density at radius 2 is 1.80 bits per heavy atom. The summed E-state index contributed by atoms with van der Waals surface area (Å²) in [4.78, 5) is 2.47. The van der Waals surface area contributed by atoms with Gasteiger partial charge in [-0.3, -0.25) is 0 Å². The van der Waals surface area contributed by atoms with Crippen molar-refractivity contribution < 1.29 is 0 Å². The first-order chi connectivity index (χ1) is 7.34. The molecule has 1 aliphatic carbocycles. The molecule has 0 unspecified atom stereocenters. The van der Waals surface area contributed by atoms with Crippen molar-refractivity contribution in [2.75, 3.05) is 20.1 Å². The lowest BCUT2D eigenvalue weighted by atomic mass is 9.87. The molecule has 0 atom stereocenters. The molecule has 0 radical (unpaired) electrons. The van der Waals surface area contributed by atoms with Crippen molar-refractivity contribution in [1.82, 2.24) is 4.90 Å². The van der Waals surface area contributed by atoms with Crippen LogP contribution in [0.1, 0.15) is 51.4 Å². The van der Waals surface area contributed by atoms with Crippen LogP contribution in [0.3, 0.4) is 0 Å². The van der Waals surface area contributed by atoms with Crippen molar-refractivity contribution >= 4 is 0 Å². The Morgan fingerprint density at radius 1 is 1.00 bits per heavy atom. The van der Waals surface area contributed by atoms with Crippen molar-refractivity contribution in [2.45, 2.75) is 51.4 Å². The lowest BCUT2D eigenvalue weighted by Gasteiger charge is -2.19. The van der Waals surface area contributed by atoms with E-state index in [1.165, 1.54) is 64.5 Å². The molecule has 0 aromatic carbocycles. The molecule has 2 aliphatic rings. The minimum absolute atomic E-state index is 0.928. The predicted molar refractivity (Wildman–Crippen MR) is 66.0 cm³/mol. The average Bonchev–Trinajstić information content (AvgIpc) is 2.46. The highest BCUT2D eigenvalue weighted by atomic mass is 15.1. The van der Waals surface area contributed by atoms with E-state index in [1.807, 2.05) is 0 Å². The minimum Gasteiger partial charge on any atom is -0.306 e. The number of hydrogen-bond acceptors (Lipinski definition) is 1. The fourth-order valence-corrected chi connectivity index (χ4v) is 2.95. The van der Waals surface area contributed by atoms with Crippen molar-refractivity contribution in [2.24, 2.45) is 5.92 Å². The molecule has 1 heteroatoms. The summed E-state index contributed by atoms with van der Waals surface area (Å²) in [6, 6.07) is 0. The summed E-state index contributed by atoms with van der Waals surface area (Å²) < 4.78 is 0. The summed E-state index contributed by atoms with van der Waals surface area (Å²) >= 11 is 0. The van der Waals surface area contributed by atoms with Gasteiger partial charge in [0.1, 0.15) is 0 Å². The third-order valence-corrected chi connectivity index (χ3v) is 3.97. The van der Waals surface area contributed by atoms with E-state index in [-0.39, 0.29) is 0 Å². The molecule has 1 heterocycles. The first-order valence-electron chi connectivity index (χ1n) is 6.73. The van der Waals surface area contributed by atoms with Gasteiger partial charge in [0.2, 0.25) is 0 Å². The summed E-state index contributed by atoms with van der Waals surface area (Å²) in [5.41, 5.74) is 1.76. The molecule has 0 spiro atoms. The Labute approximate surface area is 94.5 Å². The van der Waals surface area contributed by atoms with Crippen LogP contribution >= 0.6 is 0 Å². The third-order valence-electron chi connectivity index (χ3n) is 3.97. The summed E-state index contributed by atoms with van der Waals surface area (Å²) in [6.45, 7) is 2.57. The van der Waals surface area contributed by atoms with E-state index < -0.39 is 0 Å². The van der Waals surface area contributed by atoms with Crippen molar-refractivity contribution in [3.8, 4) is 0 Å². The van der Waals surface area contributed by atoms with Crippen LogP contribution < -0.4 is 0 Å². The summed E-state index contributed by atoms with van der Waals surface area (Å²) in [6.07, 6.45) is 14.0. The highest BCUT2D eigenvalue weighted by molar-refractivity contribution is 5.06. The Balaban J connectivity index is 1.87. The average molecular weight is 207 g/mol. The van der Waals surface area contributed by atoms with Crippen molar-refractivity contribution in [3.05, 3.63) is 11.6 Å². The van der Waals surface area contributed by atoms with Gasteiger partial charge in [0.25, 0.3) is 0 Å². The van der Waals surface area contributed by atoms with Gasteiger partial charge < -0.3 is 4.90 Å². The van der Waals surface area contributed by atoms with E-state index in [1.54, 1.807) is 5.57 Å². The number of allylic oxidation sites excluding steroid dienone is 1. The molecule has 1 nitrogen and oxygen atoms in total. The van der Waals surface area contributed by atoms with Crippen LogP contribution in [-0.2, 0) is 0 Å². The van der Waals surface area contributed by atoms with E-state index >= 15 is 0 Å². The van der Waals surface area contributed by atoms with E-state index in [0.29, 0.717) is 0 Å². The topological polar surface area (TPSA) is 3.24 Å². The Kier molecular flexibility index (Phi) is 4.25. The summed E-state index contributed by atoms with van der Waals surface area (Å²) in [5, 5.41) is 0. The molecule has 0 amide bonds. The van der Waals surface area contributed by atoms with Gasteiger partial charge in [0.15, 0.2) is 0 Å². The second-order valence-electron chi connectivity index (χ2n) is 5.38. The minimum atomic E-state index is 0.928. The number of likely N-dealkylation sites (tertiary alicyclic amines) is 1. The van der Waals surface area contributed by atoms with Gasteiger partial charge in [0, 0.05) is 6.54 Å². The van der Waals surface area contributed by atoms with E-state index in [4.69, 9.17) is 0 Å². The van der Waals surface area contributed by atoms with Crippen LogP contribution in [-0.4, -0.2) is 25.0 Å². The largest absolute Gasteiger partial charge is 0.306 e. The Bertz CT molecular complexity index is 213. The van der Waals surface area contributed by atoms with Gasteiger partial charge in [-0.25, -0.2) is 0 Å². The van der Waals surface area contributed by atoms with Gasteiger partial charge >= 0.3 is 0 Å². The van der Waals surface area contributed by atoms with Crippen LogP contribution in [0.5, 0.6) is 0 Å². The highest BCUT2D eigenvalue weighted by Gasteiger charge is 2.13. The van der Waals surface area contributed by atoms with E-state index in [0.717, 1.165) is 5.92 Å². The zero-order valence-corrected chi connectivity index (χ0v) is 10.2. The molecule has 1 aliphatic heterocycles. The van der Waals surface area contributed by atoms with Crippen LogP contribution in [0, 0.1) is 5.92 Å². The zero-order valence-electron chi connectivity index (χ0n) is 10.2. The van der Waals surface area contributed by atoms with E-state index in [9.17, 15) is 0 Å². The normalized spacial score (nSPS) is 29.3. The molecular formula is C14H25N. The molecule has 0 N–H and O–H groups in total. The standard InChI is InChI=1S/C14H25N/c1-15-10-5-8-14(9-11-15)12-13-6-3-2-4-7-13/h12-13H,2-11H2,1H3. The molecule has 0 aromatic heterocycles. The lowest BCUT2D eigenvalue weighted by molar-refractivity contribution is 0.351. The number of rotatable bonds is 1.